The van der Waals surface area contributed by atoms with Gasteiger partial charge < -0.3 is 15.1 Å². The summed E-state index contributed by atoms with van der Waals surface area (Å²) in [6.07, 6.45) is 2.47. The maximum Gasteiger partial charge on any atom is 0.238 e. The largest absolute Gasteiger partial charge is 0.358 e. The lowest BCUT2D eigenvalue weighted by Crippen LogP contribution is -2.44. The summed E-state index contributed by atoms with van der Waals surface area (Å²) in [5, 5.41) is 2.63. The molecule has 2 amide bonds. The summed E-state index contributed by atoms with van der Waals surface area (Å²) in [5.41, 5.74) is -0.742. The maximum absolute atomic E-state index is 12.6. The predicted octanol–water partition coefficient (Wildman–Crippen LogP) is 0.311. The topological polar surface area (TPSA) is 52.7 Å². The van der Waals surface area contributed by atoms with Crippen molar-refractivity contribution in [2.75, 3.05) is 34.2 Å². The summed E-state index contributed by atoms with van der Waals surface area (Å²) >= 11 is 0. The summed E-state index contributed by atoms with van der Waals surface area (Å²) in [4.78, 5) is 28.6. The molecule has 19 heavy (non-hydrogen) atoms. The van der Waals surface area contributed by atoms with Crippen LogP contribution >= 0.6 is 0 Å². The Morgan fingerprint density at radius 3 is 2.32 bits per heavy atom. The van der Waals surface area contributed by atoms with Gasteiger partial charge in [-0.15, -0.1) is 0 Å². The highest BCUT2D eigenvalue weighted by Crippen LogP contribution is 2.48. The van der Waals surface area contributed by atoms with Crippen LogP contribution in [-0.2, 0) is 9.59 Å². The first-order chi connectivity index (χ1) is 8.96. The molecule has 1 heterocycles. The fourth-order valence-corrected chi connectivity index (χ4v) is 3.21. The second-order valence-corrected chi connectivity index (χ2v) is 6.07. The van der Waals surface area contributed by atoms with Crippen LogP contribution in [0.1, 0.15) is 26.2 Å². The Balaban J connectivity index is 2.08. The van der Waals surface area contributed by atoms with Crippen molar-refractivity contribution in [2.24, 2.45) is 11.3 Å². The van der Waals surface area contributed by atoms with E-state index in [0.717, 1.165) is 19.5 Å². The van der Waals surface area contributed by atoms with E-state index in [-0.39, 0.29) is 11.8 Å². The molecule has 108 valence electrons. The van der Waals surface area contributed by atoms with Crippen molar-refractivity contribution in [2.45, 2.75) is 32.2 Å². The van der Waals surface area contributed by atoms with E-state index in [9.17, 15) is 9.59 Å². The molecule has 2 aliphatic rings. The number of carbonyl (C=O) groups is 2. The molecule has 1 N–H and O–H groups in total. The van der Waals surface area contributed by atoms with Gasteiger partial charge in [0.2, 0.25) is 11.8 Å². The number of likely N-dealkylation sites (N-methyl/N-ethyl adjacent to an activating group) is 1. The van der Waals surface area contributed by atoms with Crippen LogP contribution in [0, 0.1) is 11.3 Å². The molecule has 0 aromatic rings. The van der Waals surface area contributed by atoms with Crippen molar-refractivity contribution in [1.29, 1.82) is 0 Å². The predicted molar refractivity (Wildman–Crippen MR) is 73.6 cm³/mol. The summed E-state index contributed by atoms with van der Waals surface area (Å²) in [6, 6.07) is 0.412. The number of carbonyl (C=O) groups excluding carboxylic acids is 2. The molecular formula is C14H25N3O2. The van der Waals surface area contributed by atoms with Gasteiger partial charge in [-0.2, -0.15) is 0 Å². The van der Waals surface area contributed by atoms with Crippen molar-refractivity contribution in [3.05, 3.63) is 0 Å². The second kappa shape index (κ2) is 5.12. The SMILES string of the molecule is CCC1CN(C(=O)C2(C(=O)NC)CC2)CC1N(C)C. The van der Waals surface area contributed by atoms with E-state index in [1.807, 2.05) is 4.90 Å². The number of hydrogen-bond acceptors (Lipinski definition) is 3. The first-order valence-corrected chi connectivity index (χ1v) is 7.14. The van der Waals surface area contributed by atoms with Crippen LogP contribution < -0.4 is 5.32 Å². The summed E-state index contributed by atoms with van der Waals surface area (Å²) in [7, 11) is 5.73. The molecule has 1 aliphatic carbocycles. The Labute approximate surface area is 115 Å². The molecule has 0 aromatic heterocycles. The number of likely N-dealkylation sites (tertiary alicyclic amines) is 1. The third-order valence-electron chi connectivity index (χ3n) is 4.70. The van der Waals surface area contributed by atoms with Gasteiger partial charge >= 0.3 is 0 Å². The highest BCUT2D eigenvalue weighted by molar-refractivity contribution is 6.07. The van der Waals surface area contributed by atoms with E-state index in [1.165, 1.54) is 0 Å². The van der Waals surface area contributed by atoms with Gasteiger partial charge in [0.25, 0.3) is 0 Å². The molecule has 2 unspecified atom stereocenters. The minimum Gasteiger partial charge on any atom is -0.358 e. The van der Waals surface area contributed by atoms with E-state index in [4.69, 9.17) is 0 Å². The molecule has 0 spiro atoms. The minimum absolute atomic E-state index is 0.0367. The molecule has 1 saturated carbocycles. The minimum atomic E-state index is -0.742. The van der Waals surface area contributed by atoms with E-state index >= 15 is 0 Å². The third-order valence-corrected chi connectivity index (χ3v) is 4.70. The second-order valence-electron chi connectivity index (χ2n) is 6.07. The van der Waals surface area contributed by atoms with Gasteiger partial charge in [-0.3, -0.25) is 9.59 Å². The van der Waals surface area contributed by atoms with Crippen molar-refractivity contribution >= 4 is 11.8 Å². The third kappa shape index (κ3) is 2.36. The lowest BCUT2D eigenvalue weighted by molar-refractivity contribution is -0.143. The molecule has 2 fully saturated rings. The number of rotatable bonds is 4. The molecule has 5 nitrogen and oxygen atoms in total. The standard InChI is InChI=1S/C14H25N3O2/c1-5-10-8-17(9-11(10)16(3)4)13(19)14(6-7-14)12(18)15-2/h10-11H,5-9H2,1-4H3,(H,15,18). The van der Waals surface area contributed by atoms with Gasteiger partial charge in [0.15, 0.2) is 0 Å². The van der Waals surface area contributed by atoms with Crippen LogP contribution in [0.3, 0.4) is 0 Å². The zero-order chi connectivity index (χ0) is 14.2. The average Bonchev–Trinajstić information content (AvgIpc) is 3.09. The summed E-state index contributed by atoms with van der Waals surface area (Å²) < 4.78 is 0. The van der Waals surface area contributed by atoms with Gasteiger partial charge in [-0.1, -0.05) is 13.3 Å². The van der Waals surface area contributed by atoms with Crippen LogP contribution in [0.25, 0.3) is 0 Å². The summed E-state index contributed by atoms with van der Waals surface area (Å²) in [5.74, 6) is 0.438. The number of hydrogen-bond donors (Lipinski definition) is 1. The van der Waals surface area contributed by atoms with Gasteiger partial charge in [0.1, 0.15) is 5.41 Å². The molecule has 1 aliphatic heterocycles. The fraction of sp³-hybridized carbons (Fsp3) is 0.857. The number of amides is 2. The zero-order valence-corrected chi connectivity index (χ0v) is 12.4. The van der Waals surface area contributed by atoms with Crippen molar-refractivity contribution < 1.29 is 9.59 Å². The highest BCUT2D eigenvalue weighted by atomic mass is 16.2. The number of nitrogens with one attached hydrogen (secondary N) is 1. The van der Waals surface area contributed by atoms with Crippen LogP contribution in [0.15, 0.2) is 0 Å². The van der Waals surface area contributed by atoms with Crippen molar-refractivity contribution in [3.63, 3.8) is 0 Å². The van der Waals surface area contributed by atoms with E-state index < -0.39 is 5.41 Å². The number of nitrogens with zero attached hydrogens (tertiary/aromatic N) is 2. The summed E-state index contributed by atoms with van der Waals surface area (Å²) in [6.45, 7) is 3.71. The van der Waals surface area contributed by atoms with Gasteiger partial charge in [-0.05, 0) is 32.9 Å². The molecule has 2 atom stereocenters. The van der Waals surface area contributed by atoms with Crippen molar-refractivity contribution in [1.82, 2.24) is 15.1 Å². The van der Waals surface area contributed by atoms with Gasteiger partial charge in [0, 0.05) is 26.2 Å². The first-order valence-electron chi connectivity index (χ1n) is 7.14. The Morgan fingerprint density at radius 2 is 1.95 bits per heavy atom. The molecule has 0 aromatic carbocycles. The normalized spacial score (nSPS) is 28.6. The Kier molecular flexibility index (Phi) is 3.85. The van der Waals surface area contributed by atoms with E-state index in [0.29, 0.717) is 24.8 Å². The molecule has 0 radical (unpaired) electrons. The first kappa shape index (κ1) is 14.3. The van der Waals surface area contributed by atoms with Crippen LogP contribution in [0.4, 0.5) is 0 Å². The molecular weight excluding hydrogens is 242 g/mol. The van der Waals surface area contributed by atoms with E-state index in [1.54, 1.807) is 7.05 Å². The Hall–Kier alpha value is -1.10. The fourth-order valence-electron chi connectivity index (χ4n) is 3.21. The maximum atomic E-state index is 12.6. The van der Waals surface area contributed by atoms with Gasteiger partial charge in [-0.25, -0.2) is 0 Å². The monoisotopic (exact) mass is 267 g/mol. The quantitative estimate of drug-likeness (QED) is 0.746. The Bertz CT molecular complexity index is 377. The molecule has 5 heteroatoms. The average molecular weight is 267 g/mol. The zero-order valence-electron chi connectivity index (χ0n) is 12.4. The van der Waals surface area contributed by atoms with Gasteiger partial charge in [0.05, 0.1) is 0 Å². The highest BCUT2D eigenvalue weighted by Gasteiger charge is 2.58. The van der Waals surface area contributed by atoms with E-state index in [2.05, 4.69) is 31.2 Å². The smallest absolute Gasteiger partial charge is 0.238 e. The lowest BCUT2D eigenvalue weighted by atomic mass is 10.0. The van der Waals surface area contributed by atoms with Crippen LogP contribution in [-0.4, -0.2) is 61.9 Å². The molecule has 1 saturated heterocycles. The lowest BCUT2D eigenvalue weighted by Gasteiger charge is -2.24. The van der Waals surface area contributed by atoms with Crippen molar-refractivity contribution in [3.8, 4) is 0 Å². The molecule has 0 bridgehead atoms. The van der Waals surface area contributed by atoms with Crippen LogP contribution in [0.5, 0.6) is 0 Å². The Morgan fingerprint density at radius 1 is 1.32 bits per heavy atom. The molecule has 2 rings (SSSR count). The van der Waals surface area contributed by atoms with Crippen LogP contribution in [0.2, 0.25) is 0 Å².